The minimum Gasteiger partial charge on any atom is -0.339 e. The van der Waals surface area contributed by atoms with Crippen LogP contribution in [0.4, 0.5) is 0 Å². The van der Waals surface area contributed by atoms with Crippen LogP contribution in [0.15, 0.2) is 18.2 Å². The molecule has 1 heterocycles. The first-order valence-corrected chi connectivity index (χ1v) is 5.55. The molecule has 1 saturated heterocycles. The van der Waals surface area contributed by atoms with Crippen molar-refractivity contribution in [3.63, 3.8) is 0 Å². The minimum atomic E-state index is 0.203. The summed E-state index contributed by atoms with van der Waals surface area (Å²) in [6.45, 7) is 5.92. The Labute approximate surface area is 90.9 Å². The number of carbonyl (C=O) groups is 1. The van der Waals surface area contributed by atoms with Crippen molar-refractivity contribution in [1.29, 1.82) is 0 Å². The van der Waals surface area contributed by atoms with Crippen molar-refractivity contribution >= 4 is 5.91 Å². The van der Waals surface area contributed by atoms with Crippen molar-refractivity contribution in [3.05, 3.63) is 34.9 Å². The zero-order valence-electron chi connectivity index (χ0n) is 9.42. The Balaban J connectivity index is 2.28. The summed E-state index contributed by atoms with van der Waals surface area (Å²) in [4.78, 5) is 14.1. The summed E-state index contributed by atoms with van der Waals surface area (Å²) in [5, 5.41) is 0. The SMILES string of the molecule is Cc1cccc(C(=O)N2CCCC2)c1C. The molecule has 2 nitrogen and oxygen atoms in total. The van der Waals surface area contributed by atoms with Crippen LogP contribution in [0.2, 0.25) is 0 Å². The second kappa shape index (κ2) is 4.05. The molecule has 0 bridgehead atoms. The van der Waals surface area contributed by atoms with Gasteiger partial charge in [0.25, 0.3) is 5.91 Å². The third kappa shape index (κ3) is 1.89. The molecule has 0 aliphatic carbocycles. The topological polar surface area (TPSA) is 20.3 Å². The molecule has 1 aliphatic heterocycles. The highest BCUT2D eigenvalue weighted by molar-refractivity contribution is 5.96. The van der Waals surface area contributed by atoms with E-state index in [4.69, 9.17) is 0 Å². The quantitative estimate of drug-likeness (QED) is 0.687. The summed E-state index contributed by atoms with van der Waals surface area (Å²) < 4.78 is 0. The molecule has 1 amide bonds. The van der Waals surface area contributed by atoms with Gasteiger partial charge in [0, 0.05) is 18.7 Å². The average Bonchev–Trinajstić information content (AvgIpc) is 2.74. The van der Waals surface area contributed by atoms with Crippen molar-refractivity contribution in [2.45, 2.75) is 26.7 Å². The fourth-order valence-electron chi connectivity index (χ4n) is 2.07. The molecule has 1 aromatic carbocycles. The van der Waals surface area contributed by atoms with Gasteiger partial charge < -0.3 is 4.90 Å². The standard InChI is InChI=1S/C13H17NO/c1-10-6-5-7-12(11(10)2)13(15)14-8-3-4-9-14/h5-7H,3-4,8-9H2,1-2H3. The summed E-state index contributed by atoms with van der Waals surface area (Å²) in [6.07, 6.45) is 2.30. The van der Waals surface area contributed by atoms with E-state index in [0.717, 1.165) is 37.1 Å². The molecule has 1 aliphatic rings. The highest BCUT2D eigenvalue weighted by Crippen LogP contribution is 2.17. The van der Waals surface area contributed by atoms with Crippen LogP contribution < -0.4 is 0 Å². The largest absolute Gasteiger partial charge is 0.339 e. The van der Waals surface area contributed by atoms with E-state index >= 15 is 0 Å². The molecule has 0 aromatic heterocycles. The van der Waals surface area contributed by atoms with E-state index in [1.807, 2.05) is 24.0 Å². The molecule has 2 rings (SSSR count). The van der Waals surface area contributed by atoms with Gasteiger partial charge in [-0.1, -0.05) is 12.1 Å². The molecule has 1 aromatic rings. The second-order valence-electron chi connectivity index (χ2n) is 4.25. The fraction of sp³-hybridized carbons (Fsp3) is 0.462. The molecule has 0 radical (unpaired) electrons. The Kier molecular flexibility index (Phi) is 2.76. The van der Waals surface area contributed by atoms with Gasteiger partial charge in [-0.05, 0) is 43.9 Å². The zero-order chi connectivity index (χ0) is 10.8. The van der Waals surface area contributed by atoms with Gasteiger partial charge in [0.05, 0.1) is 0 Å². The van der Waals surface area contributed by atoms with E-state index in [9.17, 15) is 4.79 Å². The number of amides is 1. The first kappa shape index (κ1) is 10.2. The van der Waals surface area contributed by atoms with Crippen LogP contribution in [-0.4, -0.2) is 23.9 Å². The van der Waals surface area contributed by atoms with Crippen molar-refractivity contribution in [2.24, 2.45) is 0 Å². The van der Waals surface area contributed by atoms with E-state index < -0.39 is 0 Å². The Hall–Kier alpha value is -1.31. The third-order valence-electron chi connectivity index (χ3n) is 3.23. The van der Waals surface area contributed by atoms with Crippen LogP contribution in [0.1, 0.15) is 34.3 Å². The number of carbonyl (C=O) groups excluding carboxylic acids is 1. The molecule has 0 saturated carbocycles. The second-order valence-corrected chi connectivity index (χ2v) is 4.25. The van der Waals surface area contributed by atoms with Crippen LogP contribution >= 0.6 is 0 Å². The molecular formula is C13H17NO. The van der Waals surface area contributed by atoms with E-state index in [0.29, 0.717) is 0 Å². The van der Waals surface area contributed by atoms with Crippen LogP contribution in [0.25, 0.3) is 0 Å². The summed E-state index contributed by atoms with van der Waals surface area (Å²) in [5.41, 5.74) is 3.19. The highest BCUT2D eigenvalue weighted by atomic mass is 16.2. The first-order valence-electron chi connectivity index (χ1n) is 5.55. The van der Waals surface area contributed by atoms with Gasteiger partial charge in [0.1, 0.15) is 0 Å². The Morgan fingerprint density at radius 2 is 1.87 bits per heavy atom. The molecule has 0 unspecified atom stereocenters. The Morgan fingerprint density at radius 1 is 1.20 bits per heavy atom. The number of likely N-dealkylation sites (tertiary alicyclic amines) is 1. The van der Waals surface area contributed by atoms with Gasteiger partial charge in [0.2, 0.25) is 0 Å². The van der Waals surface area contributed by atoms with Gasteiger partial charge in [-0.2, -0.15) is 0 Å². The first-order chi connectivity index (χ1) is 7.20. The van der Waals surface area contributed by atoms with E-state index in [1.54, 1.807) is 0 Å². The predicted octanol–water partition coefficient (Wildman–Crippen LogP) is 2.54. The number of aryl methyl sites for hydroxylation is 1. The lowest BCUT2D eigenvalue weighted by Crippen LogP contribution is -2.28. The van der Waals surface area contributed by atoms with Crippen molar-refractivity contribution in [2.75, 3.05) is 13.1 Å². The maximum Gasteiger partial charge on any atom is 0.254 e. The number of benzene rings is 1. The molecule has 0 atom stereocenters. The molecule has 0 spiro atoms. The van der Waals surface area contributed by atoms with Crippen LogP contribution in [0, 0.1) is 13.8 Å². The molecule has 15 heavy (non-hydrogen) atoms. The third-order valence-corrected chi connectivity index (χ3v) is 3.23. The molecule has 0 N–H and O–H groups in total. The highest BCUT2D eigenvalue weighted by Gasteiger charge is 2.20. The normalized spacial score (nSPS) is 15.7. The number of hydrogen-bond donors (Lipinski definition) is 0. The monoisotopic (exact) mass is 203 g/mol. The predicted molar refractivity (Wildman–Crippen MR) is 61.1 cm³/mol. The van der Waals surface area contributed by atoms with Crippen molar-refractivity contribution < 1.29 is 4.79 Å². The average molecular weight is 203 g/mol. The Bertz CT molecular complexity index is 378. The summed E-state index contributed by atoms with van der Waals surface area (Å²) in [5.74, 6) is 0.203. The molecule has 80 valence electrons. The van der Waals surface area contributed by atoms with Crippen molar-refractivity contribution in [1.82, 2.24) is 4.90 Å². The molecule has 1 fully saturated rings. The molecular weight excluding hydrogens is 186 g/mol. The number of nitrogens with zero attached hydrogens (tertiary/aromatic N) is 1. The van der Waals surface area contributed by atoms with E-state index in [1.165, 1.54) is 5.56 Å². The smallest absolute Gasteiger partial charge is 0.254 e. The maximum atomic E-state index is 12.1. The van der Waals surface area contributed by atoms with Gasteiger partial charge in [-0.3, -0.25) is 4.79 Å². The Morgan fingerprint density at radius 3 is 2.53 bits per heavy atom. The number of rotatable bonds is 1. The fourth-order valence-corrected chi connectivity index (χ4v) is 2.07. The summed E-state index contributed by atoms with van der Waals surface area (Å²) in [7, 11) is 0. The zero-order valence-corrected chi connectivity index (χ0v) is 9.42. The maximum absolute atomic E-state index is 12.1. The molecule has 2 heteroatoms. The lowest BCUT2D eigenvalue weighted by Gasteiger charge is -2.17. The van der Waals surface area contributed by atoms with Crippen LogP contribution in [0.5, 0.6) is 0 Å². The van der Waals surface area contributed by atoms with Gasteiger partial charge in [-0.15, -0.1) is 0 Å². The van der Waals surface area contributed by atoms with E-state index in [2.05, 4.69) is 13.0 Å². The van der Waals surface area contributed by atoms with Crippen LogP contribution in [0.3, 0.4) is 0 Å². The lowest BCUT2D eigenvalue weighted by molar-refractivity contribution is 0.0792. The van der Waals surface area contributed by atoms with Crippen LogP contribution in [-0.2, 0) is 0 Å². The minimum absolute atomic E-state index is 0.203. The summed E-state index contributed by atoms with van der Waals surface area (Å²) >= 11 is 0. The summed E-state index contributed by atoms with van der Waals surface area (Å²) in [6, 6.07) is 5.95. The van der Waals surface area contributed by atoms with Gasteiger partial charge in [0.15, 0.2) is 0 Å². The van der Waals surface area contributed by atoms with Crippen molar-refractivity contribution in [3.8, 4) is 0 Å². The van der Waals surface area contributed by atoms with Gasteiger partial charge >= 0.3 is 0 Å². The lowest BCUT2D eigenvalue weighted by atomic mass is 10.0. The number of hydrogen-bond acceptors (Lipinski definition) is 1. The van der Waals surface area contributed by atoms with E-state index in [-0.39, 0.29) is 5.91 Å². The van der Waals surface area contributed by atoms with Gasteiger partial charge in [-0.25, -0.2) is 0 Å².